The molecule has 0 spiro atoms. The topological polar surface area (TPSA) is 83.5 Å². The molecule has 1 aromatic rings. The van der Waals surface area contributed by atoms with Crippen LogP contribution in [0.1, 0.15) is 49.4 Å². The van der Waals surface area contributed by atoms with Gasteiger partial charge >= 0.3 is 5.97 Å². The number of carboxylic acid groups (broad SMARTS) is 1. The van der Waals surface area contributed by atoms with E-state index in [1.807, 2.05) is 0 Å². The van der Waals surface area contributed by atoms with Crippen LogP contribution in [0.3, 0.4) is 0 Å². The molecule has 2 rings (SSSR count). The number of rotatable bonds is 4. The van der Waals surface area contributed by atoms with Crippen molar-refractivity contribution in [1.29, 1.82) is 0 Å². The van der Waals surface area contributed by atoms with Crippen LogP contribution >= 0.6 is 11.3 Å². The molecule has 112 valence electrons. The fourth-order valence-electron chi connectivity index (χ4n) is 2.45. The van der Waals surface area contributed by atoms with E-state index in [0.29, 0.717) is 5.92 Å². The minimum Gasteiger partial charge on any atom is -0.478 e. The molecule has 2 unspecified atom stereocenters. The molecule has 0 aliphatic heterocycles. The summed E-state index contributed by atoms with van der Waals surface area (Å²) in [7, 11) is -3.60. The third-order valence-electron chi connectivity index (χ3n) is 3.67. The zero-order chi connectivity index (χ0) is 14.8. The van der Waals surface area contributed by atoms with E-state index >= 15 is 0 Å². The molecule has 1 saturated carbocycles. The molecule has 2 atom stereocenters. The number of aromatic carboxylic acids is 1. The monoisotopic (exact) mass is 317 g/mol. The van der Waals surface area contributed by atoms with Crippen LogP contribution in [0.4, 0.5) is 0 Å². The van der Waals surface area contributed by atoms with Crippen LogP contribution in [0.15, 0.2) is 15.7 Å². The normalized spacial score (nSPS) is 24.2. The van der Waals surface area contributed by atoms with E-state index in [-0.39, 0.29) is 15.8 Å². The van der Waals surface area contributed by atoms with Crippen LogP contribution in [-0.2, 0) is 10.0 Å². The van der Waals surface area contributed by atoms with E-state index in [1.54, 1.807) is 0 Å². The second kappa shape index (κ2) is 6.24. The first-order chi connectivity index (χ1) is 9.38. The van der Waals surface area contributed by atoms with Crippen LogP contribution in [0.5, 0.6) is 0 Å². The molecule has 1 aromatic heterocycles. The quantitative estimate of drug-likeness (QED) is 0.836. The Hall–Kier alpha value is -0.920. The molecule has 20 heavy (non-hydrogen) atoms. The van der Waals surface area contributed by atoms with Crippen LogP contribution in [0.25, 0.3) is 0 Å². The van der Waals surface area contributed by atoms with Gasteiger partial charge in [0.1, 0.15) is 4.21 Å². The third kappa shape index (κ3) is 3.80. The number of hydrogen-bond donors (Lipinski definition) is 2. The predicted octanol–water partition coefficient (Wildman–Crippen LogP) is 2.69. The van der Waals surface area contributed by atoms with Crippen molar-refractivity contribution in [2.24, 2.45) is 5.92 Å². The zero-order valence-electron chi connectivity index (χ0n) is 11.3. The summed E-state index contributed by atoms with van der Waals surface area (Å²) in [5, 5.41) is 10.2. The van der Waals surface area contributed by atoms with Gasteiger partial charge in [0.25, 0.3) is 0 Å². The van der Waals surface area contributed by atoms with E-state index < -0.39 is 16.0 Å². The van der Waals surface area contributed by atoms with Crippen LogP contribution in [0.2, 0.25) is 0 Å². The van der Waals surface area contributed by atoms with Gasteiger partial charge in [-0.25, -0.2) is 17.9 Å². The predicted molar refractivity (Wildman–Crippen MR) is 77.6 cm³/mol. The average molecular weight is 317 g/mol. The molecule has 5 nitrogen and oxygen atoms in total. The van der Waals surface area contributed by atoms with Crippen molar-refractivity contribution in [1.82, 2.24) is 4.72 Å². The number of hydrogen-bond acceptors (Lipinski definition) is 4. The van der Waals surface area contributed by atoms with E-state index in [9.17, 15) is 13.2 Å². The zero-order valence-corrected chi connectivity index (χ0v) is 13.0. The molecule has 2 N–H and O–H groups in total. The number of nitrogens with one attached hydrogen (secondary N) is 1. The molecule has 1 aliphatic carbocycles. The fraction of sp³-hybridized carbons (Fsp3) is 0.615. The summed E-state index contributed by atoms with van der Waals surface area (Å²) >= 11 is 0.948. The van der Waals surface area contributed by atoms with Gasteiger partial charge < -0.3 is 5.11 Å². The standard InChI is InChI=1S/C13H19NO4S2/c1-9-3-2-4-11(6-5-9)14-20(17,18)12-7-10(8-19-12)13(15)16/h7-9,11,14H,2-6H2,1H3,(H,15,16). The van der Waals surface area contributed by atoms with Gasteiger partial charge in [-0.2, -0.15) is 0 Å². The van der Waals surface area contributed by atoms with Crippen LogP contribution in [-0.4, -0.2) is 25.5 Å². The lowest BCUT2D eigenvalue weighted by molar-refractivity contribution is 0.0697. The lowest BCUT2D eigenvalue weighted by Crippen LogP contribution is -2.34. The van der Waals surface area contributed by atoms with Gasteiger partial charge in [0.15, 0.2) is 0 Å². The van der Waals surface area contributed by atoms with Gasteiger partial charge in [-0.1, -0.05) is 19.8 Å². The van der Waals surface area contributed by atoms with Gasteiger partial charge in [-0.05, 0) is 31.2 Å². The highest BCUT2D eigenvalue weighted by atomic mass is 32.2. The Kier molecular flexibility index (Phi) is 4.82. The maximum absolute atomic E-state index is 12.2. The molecule has 1 heterocycles. The van der Waals surface area contributed by atoms with Gasteiger partial charge in [0.05, 0.1) is 5.56 Å². The van der Waals surface area contributed by atoms with E-state index in [4.69, 9.17) is 5.11 Å². The second-order valence-corrected chi connectivity index (χ2v) is 8.24. The van der Waals surface area contributed by atoms with E-state index in [0.717, 1.165) is 43.4 Å². The largest absolute Gasteiger partial charge is 0.478 e. The summed E-state index contributed by atoms with van der Waals surface area (Å²) in [6.45, 7) is 2.19. The Morgan fingerprint density at radius 2 is 2.10 bits per heavy atom. The molecule has 0 aromatic carbocycles. The maximum atomic E-state index is 12.2. The summed E-state index contributed by atoms with van der Waals surface area (Å²) in [6.07, 6.45) is 4.88. The van der Waals surface area contributed by atoms with Crippen molar-refractivity contribution in [3.63, 3.8) is 0 Å². The van der Waals surface area contributed by atoms with Crippen molar-refractivity contribution in [2.75, 3.05) is 0 Å². The lowest BCUT2D eigenvalue weighted by Gasteiger charge is -2.15. The molecule has 1 aliphatic rings. The first-order valence-electron chi connectivity index (χ1n) is 6.72. The van der Waals surface area contributed by atoms with E-state index in [1.165, 1.54) is 11.4 Å². The van der Waals surface area contributed by atoms with Crippen molar-refractivity contribution in [2.45, 2.75) is 49.3 Å². The van der Waals surface area contributed by atoms with Gasteiger partial charge in [0.2, 0.25) is 10.0 Å². The van der Waals surface area contributed by atoms with Gasteiger partial charge in [0, 0.05) is 11.4 Å². The Labute approximate surface area is 123 Å². The van der Waals surface area contributed by atoms with Crippen molar-refractivity contribution in [3.05, 3.63) is 17.0 Å². The number of thiophene rings is 1. The van der Waals surface area contributed by atoms with Crippen molar-refractivity contribution < 1.29 is 18.3 Å². The Morgan fingerprint density at radius 1 is 1.35 bits per heavy atom. The highest BCUT2D eigenvalue weighted by Gasteiger charge is 2.24. The maximum Gasteiger partial charge on any atom is 0.336 e. The van der Waals surface area contributed by atoms with Crippen LogP contribution < -0.4 is 4.72 Å². The highest BCUT2D eigenvalue weighted by Crippen LogP contribution is 2.25. The molecular weight excluding hydrogens is 298 g/mol. The van der Waals surface area contributed by atoms with Gasteiger partial charge in [-0.3, -0.25) is 0 Å². The summed E-state index contributed by atoms with van der Waals surface area (Å²) in [5.74, 6) is -0.462. The summed E-state index contributed by atoms with van der Waals surface area (Å²) in [4.78, 5) is 10.8. The van der Waals surface area contributed by atoms with Crippen molar-refractivity contribution in [3.8, 4) is 0 Å². The summed E-state index contributed by atoms with van der Waals surface area (Å²) in [5.41, 5.74) is 0.0184. The first-order valence-corrected chi connectivity index (χ1v) is 9.09. The second-order valence-electron chi connectivity index (χ2n) is 5.39. The Morgan fingerprint density at radius 3 is 2.75 bits per heavy atom. The fourth-order valence-corrected chi connectivity index (χ4v) is 4.93. The minimum absolute atomic E-state index is 0.0184. The SMILES string of the molecule is CC1CCCC(NS(=O)(=O)c2cc(C(=O)O)cs2)CC1. The number of sulfonamides is 1. The molecule has 1 fully saturated rings. The molecule has 0 radical (unpaired) electrons. The summed E-state index contributed by atoms with van der Waals surface area (Å²) in [6, 6.07) is 1.18. The lowest BCUT2D eigenvalue weighted by atomic mass is 10.0. The smallest absolute Gasteiger partial charge is 0.336 e. The Balaban J connectivity index is 2.08. The van der Waals surface area contributed by atoms with Crippen molar-refractivity contribution >= 4 is 27.3 Å². The first kappa shape index (κ1) is 15.5. The molecular formula is C13H19NO4S2. The third-order valence-corrected chi connectivity index (χ3v) is 6.63. The van der Waals surface area contributed by atoms with Crippen LogP contribution in [0, 0.1) is 5.92 Å². The highest BCUT2D eigenvalue weighted by molar-refractivity contribution is 7.91. The van der Waals surface area contributed by atoms with Gasteiger partial charge in [-0.15, -0.1) is 11.3 Å². The molecule has 7 heteroatoms. The average Bonchev–Trinajstić information content (AvgIpc) is 2.78. The summed E-state index contributed by atoms with van der Waals surface area (Å²) < 4.78 is 27.3. The molecule has 0 saturated heterocycles. The Bertz CT molecular complexity index is 579. The minimum atomic E-state index is -3.60. The molecule has 0 bridgehead atoms. The number of carboxylic acids is 1. The number of carbonyl (C=O) groups is 1. The van der Waals surface area contributed by atoms with E-state index in [2.05, 4.69) is 11.6 Å². The molecule has 0 amide bonds.